The van der Waals surface area contributed by atoms with E-state index in [0.717, 1.165) is 30.4 Å². The van der Waals surface area contributed by atoms with Crippen molar-refractivity contribution >= 4 is 21.8 Å². The Hall–Kier alpha value is -2.07. The van der Waals surface area contributed by atoms with Crippen LogP contribution in [0.25, 0.3) is 6.08 Å². The quantitative estimate of drug-likeness (QED) is 0.794. The summed E-state index contributed by atoms with van der Waals surface area (Å²) in [5, 5.41) is 0. The molecule has 23 heavy (non-hydrogen) atoms. The molecule has 0 aliphatic rings. The molecule has 0 aliphatic carbocycles. The molecule has 2 rings (SSSR count). The number of anilines is 1. The minimum atomic E-state index is -3.59. The van der Waals surface area contributed by atoms with E-state index in [1.165, 1.54) is 5.56 Å². The highest BCUT2D eigenvalue weighted by Gasteiger charge is 2.15. The van der Waals surface area contributed by atoms with Gasteiger partial charge in [-0.3, -0.25) is 4.72 Å². The lowest BCUT2D eigenvalue weighted by Gasteiger charge is -2.12. The predicted molar refractivity (Wildman–Crippen MR) is 97.1 cm³/mol. The molecule has 2 aromatic carbocycles. The number of aryl methyl sites for hydroxylation is 2. The Balaban J connectivity index is 2.28. The van der Waals surface area contributed by atoms with Gasteiger partial charge in [0, 0.05) is 0 Å². The first kappa shape index (κ1) is 17.3. The van der Waals surface area contributed by atoms with Gasteiger partial charge in [-0.2, -0.15) is 0 Å². The molecule has 2 aromatic rings. The third-order valence-corrected chi connectivity index (χ3v) is 5.11. The molecule has 0 atom stereocenters. The summed E-state index contributed by atoms with van der Waals surface area (Å²) in [6, 6.07) is 12.6. The van der Waals surface area contributed by atoms with E-state index >= 15 is 0 Å². The molecule has 0 saturated heterocycles. The van der Waals surface area contributed by atoms with Crippen LogP contribution >= 0.6 is 0 Å². The third kappa shape index (κ3) is 4.45. The van der Waals surface area contributed by atoms with Crippen LogP contribution < -0.4 is 4.72 Å². The van der Waals surface area contributed by atoms with Crippen LogP contribution in [0.2, 0.25) is 0 Å². The second kappa shape index (κ2) is 7.47. The van der Waals surface area contributed by atoms with Crippen molar-refractivity contribution in [3.63, 3.8) is 0 Å². The number of rotatable bonds is 7. The van der Waals surface area contributed by atoms with Crippen LogP contribution in [0.5, 0.6) is 0 Å². The van der Waals surface area contributed by atoms with E-state index in [9.17, 15) is 8.42 Å². The Morgan fingerprint density at radius 2 is 1.83 bits per heavy atom. The van der Waals surface area contributed by atoms with Crippen molar-refractivity contribution in [1.29, 1.82) is 0 Å². The van der Waals surface area contributed by atoms with Crippen molar-refractivity contribution in [2.45, 2.75) is 38.0 Å². The highest BCUT2D eigenvalue weighted by Crippen LogP contribution is 2.23. The number of benzene rings is 2. The molecule has 122 valence electrons. The van der Waals surface area contributed by atoms with Gasteiger partial charge in [-0.1, -0.05) is 49.8 Å². The largest absolute Gasteiger partial charge is 0.279 e. The van der Waals surface area contributed by atoms with Gasteiger partial charge < -0.3 is 0 Å². The van der Waals surface area contributed by atoms with E-state index in [4.69, 9.17) is 0 Å². The van der Waals surface area contributed by atoms with Gasteiger partial charge in [0.05, 0.1) is 10.6 Å². The fourth-order valence-corrected chi connectivity index (χ4v) is 3.42. The molecule has 0 spiro atoms. The van der Waals surface area contributed by atoms with Gasteiger partial charge in [-0.05, 0) is 55.2 Å². The van der Waals surface area contributed by atoms with Crippen molar-refractivity contribution in [1.82, 2.24) is 0 Å². The fraction of sp³-hybridized carbons (Fsp3) is 0.263. The van der Waals surface area contributed by atoms with Crippen molar-refractivity contribution in [3.8, 4) is 0 Å². The Morgan fingerprint density at radius 1 is 1.13 bits per heavy atom. The van der Waals surface area contributed by atoms with Gasteiger partial charge in [-0.15, -0.1) is 0 Å². The minimum Gasteiger partial charge on any atom is -0.279 e. The molecule has 0 unspecified atom stereocenters. The number of sulfonamides is 1. The standard InChI is InChI=1S/C19H23NO2S/c1-4-6-7-16-10-13-19(17(5-2)14-16)20-23(21,22)18-11-8-15(3)9-12-18/h5,8-14,20H,2,4,6-7H2,1,3H3. The van der Waals surface area contributed by atoms with Crippen molar-refractivity contribution in [2.24, 2.45) is 0 Å². The molecular formula is C19H23NO2S. The van der Waals surface area contributed by atoms with Crippen LogP contribution in [0.3, 0.4) is 0 Å². The zero-order valence-electron chi connectivity index (χ0n) is 13.7. The van der Waals surface area contributed by atoms with E-state index in [1.807, 2.05) is 25.1 Å². The van der Waals surface area contributed by atoms with Gasteiger partial charge >= 0.3 is 0 Å². The van der Waals surface area contributed by atoms with Gasteiger partial charge in [0.1, 0.15) is 0 Å². The van der Waals surface area contributed by atoms with E-state index in [0.29, 0.717) is 5.69 Å². The van der Waals surface area contributed by atoms with Crippen molar-refractivity contribution in [3.05, 3.63) is 65.7 Å². The molecule has 0 amide bonds. The maximum absolute atomic E-state index is 12.5. The fourth-order valence-electron chi connectivity index (χ4n) is 2.33. The highest BCUT2D eigenvalue weighted by atomic mass is 32.2. The first-order chi connectivity index (χ1) is 11.0. The predicted octanol–water partition coefficient (Wildman–Crippen LogP) is 4.78. The summed E-state index contributed by atoms with van der Waals surface area (Å²) in [5.74, 6) is 0. The second-order valence-corrected chi connectivity index (χ2v) is 7.33. The summed E-state index contributed by atoms with van der Waals surface area (Å²) in [6.07, 6.45) is 4.92. The summed E-state index contributed by atoms with van der Waals surface area (Å²) in [4.78, 5) is 0.258. The Morgan fingerprint density at radius 3 is 2.43 bits per heavy atom. The zero-order valence-corrected chi connectivity index (χ0v) is 14.5. The molecule has 3 nitrogen and oxygen atoms in total. The van der Waals surface area contributed by atoms with E-state index in [1.54, 1.807) is 30.3 Å². The molecule has 0 aliphatic heterocycles. The second-order valence-electron chi connectivity index (χ2n) is 5.65. The third-order valence-electron chi connectivity index (χ3n) is 3.73. The summed E-state index contributed by atoms with van der Waals surface area (Å²) in [5.41, 5.74) is 3.58. The monoisotopic (exact) mass is 329 g/mol. The van der Waals surface area contributed by atoms with Crippen LogP contribution in [0.4, 0.5) is 5.69 Å². The molecule has 0 fully saturated rings. The van der Waals surface area contributed by atoms with Crippen molar-refractivity contribution in [2.75, 3.05) is 4.72 Å². The number of unbranched alkanes of at least 4 members (excludes halogenated alkanes) is 1. The first-order valence-electron chi connectivity index (χ1n) is 7.81. The average molecular weight is 329 g/mol. The van der Waals surface area contributed by atoms with Gasteiger partial charge in [0.15, 0.2) is 0 Å². The maximum atomic E-state index is 12.5. The topological polar surface area (TPSA) is 46.2 Å². The lowest BCUT2D eigenvalue weighted by molar-refractivity contribution is 0.601. The average Bonchev–Trinajstić information content (AvgIpc) is 2.54. The van der Waals surface area contributed by atoms with E-state index in [-0.39, 0.29) is 4.90 Å². The number of nitrogens with one attached hydrogen (secondary N) is 1. The molecule has 0 radical (unpaired) electrons. The molecule has 1 N–H and O–H groups in total. The Labute approximate surface area is 139 Å². The van der Waals surface area contributed by atoms with Crippen LogP contribution in [-0.2, 0) is 16.4 Å². The smallest absolute Gasteiger partial charge is 0.261 e. The number of hydrogen-bond donors (Lipinski definition) is 1. The highest BCUT2D eigenvalue weighted by molar-refractivity contribution is 7.92. The summed E-state index contributed by atoms with van der Waals surface area (Å²) >= 11 is 0. The molecule has 4 heteroatoms. The molecule has 0 bridgehead atoms. The van der Waals surface area contributed by atoms with E-state index < -0.39 is 10.0 Å². The minimum absolute atomic E-state index is 0.258. The van der Waals surface area contributed by atoms with E-state index in [2.05, 4.69) is 18.2 Å². The summed E-state index contributed by atoms with van der Waals surface area (Å²) in [6.45, 7) is 7.87. The molecule has 0 heterocycles. The Bertz CT molecular complexity index is 778. The molecule has 0 aromatic heterocycles. The van der Waals surface area contributed by atoms with Crippen LogP contribution in [0.15, 0.2) is 53.9 Å². The maximum Gasteiger partial charge on any atom is 0.261 e. The van der Waals surface area contributed by atoms with Gasteiger partial charge in [0.25, 0.3) is 10.0 Å². The lowest BCUT2D eigenvalue weighted by Crippen LogP contribution is -2.13. The summed E-state index contributed by atoms with van der Waals surface area (Å²) < 4.78 is 27.6. The first-order valence-corrected chi connectivity index (χ1v) is 9.29. The van der Waals surface area contributed by atoms with Crippen LogP contribution in [0, 0.1) is 6.92 Å². The summed E-state index contributed by atoms with van der Waals surface area (Å²) in [7, 11) is -3.59. The molecular weight excluding hydrogens is 306 g/mol. The molecule has 0 saturated carbocycles. The van der Waals surface area contributed by atoms with Crippen LogP contribution in [0.1, 0.15) is 36.5 Å². The zero-order chi connectivity index (χ0) is 16.9. The Kier molecular flexibility index (Phi) is 5.61. The SMILES string of the molecule is C=Cc1cc(CCCC)ccc1NS(=O)(=O)c1ccc(C)cc1. The van der Waals surface area contributed by atoms with Crippen molar-refractivity contribution < 1.29 is 8.42 Å². The normalized spacial score (nSPS) is 11.2. The van der Waals surface area contributed by atoms with Gasteiger partial charge in [0.2, 0.25) is 0 Å². The lowest BCUT2D eigenvalue weighted by atomic mass is 10.0. The number of hydrogen-bond acceptors (Lipinski definition) is 2. The van der Waals surface area contributed by atoms with Crippen LogP contribution in [-0.4, -0.2) is 8.42 Å². The van der Waals surface area contributed by atoms with Gasteiger partial charge in [-0.25, -0.2) is 8.42 Å².